The molecule has 9 nitrogen and oxygen atoms in total. The van der Waals surface area contributed by atoms with Gasteiger partial charge in [0.25, 0.3) is 5.91 Å². The molecule has 184 valence electrons. The van der Waals surface area contributed by atoms with Gasteiger partial charge in [-0.1, -0.05) is 0 Å². The van der Waals surface area contributed by atoms with Crippen molar-refractivity contribution >= 4 is 18.0 Å². The van der Waals surface area contributed by atoms with E-state index in [1.807, 2.05) is 25.3 Å². The van der Waals surface area contributed by atoms with Crippen molar-refractivity contribution in [3.05, 3.63) is 18.2 Å². The molecule has 2 aliphatic rings. The summed E-state index contributed by atoms with van der Waals surface area (Å²) >= 11 is 0. The summed E-state index contributed by atoms with van der Waals surface area (Å²) in [5.74, 6) is 0.154. The molecule has 33 heavy (non-hydrogen) atoms. The highest BCUT2D eigenvalue weighted by Gasteiger charge is 2.29. The first kappa shape index (κ1) is 25.1. The number of esters is 1. The lowest BCUT2D eigenvalue weighted by Crippen LogP contribution is -2.41. The molecule has 1 N–H and O–H groups in total. The zero-order valence-corrected chi connectivity index (χ0v) is 20.3. The summed E-state index contributed by atoms with van der Waals surface area (Å²) in [6.45, 7) is 7.87. The monoisotopic (exact) mass is 462 g/mol. The molecule has 9 heteroatoms. The van der Waals surface area contributed by atoms with Gasteiger partial charge in [-0.15, -0.1) is 0 Å². The predicted octanol–water partition coefficient (Wildman–Crippen LogP) is 3.38. The average molecular weight is 463 g/mol. The normalized spacial score (nSPS) is 22.0. The second-order valence-electron chi connectivity index (χ2n) is 10.2. The molecule has 1 aliphatic carbocycles. The van der Waals surface area contributed by atoms with Gasteiger partial charge >= 0.3 is 12.1 Å². The number of methoxy groups -OCH3 is 1. The second-order valence-corrected chi connectivity index (χ2v) is 10.2. The average Bonchev–Trinajstić information content (AvgIpc) is 3.26. The number of imidazole rings is 1. The third-order valence-electron chi connectivity index (χ3n) is 6.52. The van der Waals surface area contributed by atoms with Crippen LogP contribution < -0.4 is 5.32 Å². The summed E-state index contributed by atoms with van der Waals surface area (Å²) in [5, 5.41) is 3.05. The maximum absolute atomic E-state index is 12.6. The van der Waals surface area contributed by atoms with Crippen molar-refractivity contribution in [2.45, 2.75) is 83.9 Å². The van der Waals surface area contributed by atoms with E-state index in [9.17, 15) is 14.4 Å². The molecule has 2 heterocycles. The largest absolute Gasteiger partial charge is 0.469 e. The van der Waals surface area contributed by atoms with Crippen LogP contribution in [0.1, 0.15) is 76.2 Å². The van der Waals surface area contributed by atoms with E-state index in [4.69, 9.17) is 9.47 Å². The molecule has 0 bridgehead atoms. The Morgan fingerprint density at radius 3 is 2.36 bits per heavy atom. The molecule has 0 spiro atoms. The van der Waals surface area contributed by atoms with Crippen molar-refractivity contribution in [3.8, 4) is 0 Å². The number of amides is 2. The smallest absolute Gasteiger partial charge is 0.410 e. The minimum absolute atomic E-state index is 0.0571. The molecule has 3 rings (SSSR count). The highest BCUT2D eigenvalue weighted by atomic mass is 16.6. The molecule has 1 aromatic rings. The number of carbonyl (C=O) groups excluding carboxylic acids is 3. The zero-order chi connectivity index (χ0) is 24.0. The highest BCUT2D eigenvalue weighted by Crippen LogP contribution is 2.26. The van der Waals surface area contributed by atoms with Gasteiger partial charge in [0.05, 0.1) is 19.4 Å². The summed E-state index contributed by atoms with van der Waals surface area (Å²) in [6, 6.07) is 0.0683. The van der Waals surface area contributed by atoms with Crippen LogP contribution in [0.2, 0.25) is 0 Å². The fourth-order valence-electron chi connectivity index (χ4n) is 4.56. The van der Waals surface area contributed by atoms with Crippen molar-refractivity contribution in [1.29, 1.82) is 0 Å². The predicted molar refractivity (Wildman–Crippen MR) is 123 cm³/mol. The summed E-state index contributed by atoms with van der Waals surface area (Å²) < 4.78 is 12.2. The van der Waals surface area contributed by atoms with E-state index in [2.05, 4.69) is 10.3 Å². The first-order valence-electron chi connectivity index (χ1n) is 12.0. The molecule has 0 aromatic carbocycles. The summed E-state index contributed by atoms with van der Waals surface area (Å²) in [6.07, 6.45) is 9.18. The van der Waals surface area contributed by atoms with Gasteiger partial charge in [0, 0.05) is 31.9 Å². The van der Waals surface area contributed by atoms with Gasteiger partial charge in [-0.25, -0.2) is 9.78 Å². The topological polar surface area (TPSA) is 103 Å². The Bertz CT molecular complexity index is 815. The summed E-state index contributed by atoms with van der Waals surface area (Å²) in [4.78, 5) is 42.5. The minimum atomic E-state index is -0.470. The fourth-order valence-corrected chi connectivity index (χ4v) is 4.56. The molecular weight excluding hydrogens is 424 g/mol. The number of carbonyl (C=O) groups is 3. The molecule has 0 atom stereocenters. The van der Waals surface area contributed by atoms with Crippen LogP contribution in [0.4, 0.5) is 4.79 Å². The summed E-state index contributed by atoms with van der Waals surface area (Å²) in [7, 11) is 1.42. The van der Waals surface area contributed by atoms with Crippen molar-refractivity contribution < 1.29 is 23.9 Å². The van der Waals surface area contributed by atoms with Crippen molar-refractivity contribution in [1.82, 2.24) is 19.8 Å². The Kier molecular flexibility index (Phi) is 8.37. The molecule has 1 aliphatic heterocycles. The van der Waals surface area contributed by atoms with Gasteiger partial charge in [-0.2, -0.15) is 0 Å². The van der Waals surface area contributed by atoms with Gasteiger partial charge < -0.3 is 24.3 Å². The van der Waals surface area contributed by atoms with Crippen LogP contribution in [0, 0.1) is 11.8 Å². The standard InChI is InChI=1S/C24H38N4O5/c1-24(2,3)33-23(31)28-13-10-17(11-14-28)9-12-27-15-20(25-16-27)21(29)26-19-7-5-18(6-8-19)22(30)32-4/h15-19H,5-14H2,1-4H3,(H,26,29). The maximum atomic E-state index is 12.6. The molecule has 2 fully saturated rings. The first-order chi connectivity index (χ1) is 15.6. The summed E-state index contributed by atoms with van der Waals surface area (Å²) in [5.41, 5.74) is -0.0493. The molecular formula is C24H38N4O5. The van der Waals surface area contributed by atoms with Crippen LogP contribution in [0.5, 0.6) is 0 Å². The number of aryl methyl sites for hydroxylation is 1. The lowest BCUT2D eigenvalue weighted by molar-refractivity contribution is -0.146. The third kappa shape index (κ3) is 7.47. The quantitative estimate of drug-likeness (QED) is 0.650. The SMILES string of the molecule is COC(=O)C1CCC(NC(=O)c2cn(CCC3CCN(C(=O)OC(C)(C)C)CC3)cn2)CC1. The van der Waals surface area contributed by atoms with Gasteiger partial charge in [0.2, 0.25) is 0 Å². The van der Waals surface area contributed by atoms with Gasteiger partial charge in [-0.3, -0.25) is 9.59 Å². The Hall–Kier alpha value is -2.58. The molecule has 1 saturated heterocycles. The fraction of sp³-hybridized carbons (Fsp3) is 0.750. The van der Waals surface area contributed by atoms with Crippen molar-refractivity contribution in [2.75, 3.05) is 20.2 Å². The Labute approximate surface area is 196 Å². The second kappa shape index (κ2) is 11.0. The molecule has 1 aromatic heterocycles. The number of hydrogen-bond acceptors (Lipinski definition) is 6. The highest BCUT2D eigenvalue weighted by molar-refractivity contribution is 5.92. The van der Waals surface area contributed by atoms with Crippen LogP contribution in [-0.4, -0.2) is 64.3 Å². The van der Waals surface area contributed by atoms with E-state index in [-0.39, 0.29) is 29.9 Å². The molecule has 0 unspecified atom stereocenters. The molecule has 1 saturated carbocycles. The Balaban J connectivity index is 1.38. The third-order valence-corrected chi connectivity index (χ3v) is 6.52. The van der Waals surface area contributed by atoms with Crippen LogP contribution in [0.3, 0.4) is 0 Å². The van der Waals surface area contributed by atoms with E-state index in [0.717, 1.165) is 64.6 Å². The number of nitrogens with zero attached hydrogens (tertiary/aromatic N) is 3. The zero-order valence-electron chi connectivity index (χ0n) is 20.3. The van der Waals surface area contributed by atoms with Crippen LogP contribution in [0.15, 0.2) is 12.5 Å². The number of piperidine rings is 1. The maximum Gasteiger partial charge on any atom is 0.410 e. The molecule has 0 radical (unpaired) electrons. The van der Waals surface area contributed by atoms with E-state index >= 15 is 0 Å². The van der Waals surface area contributed by atoms with Crippen molar-refractivity contribution in [2.24, 2.45) is 11.8 Å². The number of likely N-dealkylation sites (tertiary alicyclic amines) is 1. The number of hydrogen-bond donors (Lipinski definition) is 1. The number of aromatic nitrogens is 2. The van der Waals surface area contributed by atoms with E-state index in [1.54, 1.807) is 17.4 Å². The Morgan fingerprint density at radius 2 is 1.76 bits per heavy atom. The van der Waals surface area contributed by atoms with E-state index in [0.29, 0.717) is 11.6 Å². The van der Waals surface area contributed by atoms with Crippen LogP contribution in [0.25, 0.3) is 0 Å². The number of ether oxygens (including phenoxy) is 2. The first-order valence-corrected chi connectivity index (χ1v) is 12.0. The van der Waals surface area contributed by atoms with Gasteiger partial charge in [0.1, 0.15) is 11.3 Å². The van der Waals surface area contributed by atoms with E-state index in [1.165, 1.54) is 7.11 Å². The number of nitrogens with one attached hydrogen (secondary N) is 1. The van der Waals surface area contributed by atoms with Crippen LogP contribution in [-0.2, 0) is 20.8 Å². The Morgan fingerprint density at radius 1 is 1.09 bits per heavy atom. The number of rotatable bonds is 6. The molecule has 2 amide bonds. The minimum Gasteiger partial charge on any atom is -0.469 e. The van der Waals surface area contributed by atoms with Gasteiger partial charge in [0.15, 0.2) is 0 Å². The lowest BCUT2D eigenvalue weighted by Gasteiger charge is -2.33. The lowest BCUT2D eigenvalue weighted by atomic mass is 9.86. The van der Waals surface area contributed by atoms with Crippen LogP contribution >= 0.6 is 0 Å². The van der Waals surface area contributed by atoms with Crippen molar-refractivity contribution in [3.63, 3.8) is 0 Å². The van der Waals surface area contributed by atoms with Gasteiger partial charge in [-0.05, 0) is 71.6 Å². The van der Waals surface area contributed by atoms with E-state index < -0.39 is 5.60 Å².